The van der Waals surface area contributed by atoms with E-state index in [1.165, 1.54) is 16.4 Å². The number of carbonyl (C=O) groups is 1. The van der Waals surface area contributed by atoms with Gasteiger partial charge in [0.05, 0.1) is 18.0 Å². The Morgan fingerprint density at radius 2 is 1.34 bits per heavy atom. The fourth-order valence-electron chi connectivity index (χ4n) is 3.25. The number of nitrogens with zero attached hydrogens (tertiary/aromatic N) is 2. The van der Waals surface area contributed by atoms with Gasteiger partial charge in [0.1, 0.15) is 5.75 Å². The lowest BCUT2D eigenvalue weighted by atomic mass is 10.2. The lowest BCUT2D eigenvalue weighted by Gasteiger charge is -2.25. The van der Waals surface area contributed by atoms with Crippen molar-refractivity contribution in [2.75, 3.05) is 20.2 Å². The molecule has 0 bridgehead atoms. The summed E-state index contributed by atoms with van der Waals surface area (Å²) in [6.45, 7) is 2.61. The molecule has 0 saturated heterocycles. The molecule has 3 aromatic carbocycles. The number of rotatable bonds is 10. The molecule has 0 spiro atoms. The van der Waals surface area contributed by atoms with Crippen molar-refractivity contribution >= 4 is 15.9 Å². The maximum Gasteiger partial charge on any atom is 0.243 e. The molecule has 0 aliphatic rings. The first-order valence-electron chi connectivity index (χ1n) is 10.4. The van der Waals surface area contributed by atoms with E-state index in [1.807, 2.05) is 67.6 Å². The molecule has 0 radical (unpaired) electrons. The first kappa shape index (κ1) is 23.5. The minimum atomic E-state index is -3.90. The summed E-state index contributed by atoms with van der Waals surface area (Å²) >= 11 is 0. The van der Waals surface area contributed by atoms with Gasteiger partial charge in [-0.05, 0) is 42.3 Å². The van der Waals surface area contributed by atoms with Crippen molar-refractivity contribution in [2.24, 2.45) is 0 Å². The van der Waals surface area contributed by atoms with Crippen LogP contribution in [-0.2, 0) is 27.9 Å². The number of ether oxygens (including phenoxy) is 1. The molecule has 0 fully saturated rings. The van der Waals surface area contributed by atoms with Crippen LogP contribution in [0.2, 0.25) is 0 Å². The summed E-state index contributed by atoms with van der Waals surface area (Å²) in [4.78, 5) is 14.6. The highest BCUT2D eigenvalue weighted by atomic mass is 32.2. The van der Waals surface area contributed by atoms with Crippen molar-refractivity contribution in [2.45, 2.75) is 24.9 Å². The molecule has 3 aromatic rings. The average Bonchev–Trinajstić information content (AvgIpc) is 2.80. The highest BCUT2D eigenvalue weighted by molar-refractivity contribution is 7.89. The predicted octanol–water partition coefficient (Wildman–Crippen LogP) is 3.93. The molecule has 0 aromatic heterocycles. The standard InChI is InChI=1S/C25H28N2O4S/c1-3-31-23-14-16-24(17-15-23)32(29,30)27(19-22-12-8-5-9-13-22)20-25(28)26(2)18-21-10-6-4-7-11-21/h4-17H,3,18-20H2,1-2H3. The van der Waals surface area contributed by atoms with Gasteiger partial charge in [-0.15, -0.1) is 0 Å². The summed E-state index contributed by atoms with van der Waals surface area (Å²) in [5, 5.41) is 0. The monoisotopic (exact) mass is 452 g/mol. The number of carbonyl (C=O) groups excluding carboxylic acids is 1. The number of hydrogen-bond acceptors (Lipinski definition) is 4. The predicted molar refractivity (Wildman–Crippen MR) is 125 cm³/mol. The van der Waals surface area contributed by atoms with Crippen LogP contribution in [0.5, 0.6) is 5.75 Å². The Kier molecular flexibility index (Phi) is 8.03. The van der Waals surface area contributed by atoms with Crippen LogP contribution < -0.4 is 4.74 Å². The van der Waals surface area contributed by atoms with Gasteiger partial charge >= 0.3 is 0 Å². The zero-order valence-electron chi connectivity index (χ0n) is 18.3. The third-order valence-electron chi connectivity index (χ3n) is 4.97. The lowest BCUT2D eigenvalue weighted by molar-refractivity contribution is -0.130. The Morgan fingerprint density at radius 3 is 1.88 bits per heavy atom. The molecule has 0 N–H and O–H groups in total. The molecule has 0 atom stereocenters. The van der Waals surface area contributed by atoms with E-state index >= 15 is 0 Å². The Hall–Kier alpha value is -3.16. The van der Waals surface area contributed by atoms with Crippen molar-refractivity contribution in [3.63, 3.8) is 0 Å². The van der Waals surface area contributed by atoms with E-state index in [-0.39, 0.29) is 23.9 Å². The molecule has 1 amide bonds. The number of amides is 1. The van der Waals surface area contributed by atoms with Crippen LogP contribution in [0.25, 0.3) is 0 Å². The van der Waals surface area contributed by atoms with Crippen molar-refractivity contribution in [1.29, 1.82) is 0 Å². The Bertz CT molecular complexity index is 1100. The van der Waals surface area contributed by atoms with Gasteiger partial charge in [0.2, 0.25) is 15.9 Å². The summed E-state index contributed by atoms with van der Waals surface area (Å²) in [6, 6.07) is 25.1. The van der Waals surface area contributed by atoms with Crippen molar-refractivity contribution < 1.29 is 17.9 Å². The summed E-state index contributed by atoms with van der Waals surface area (Å²) in [5.41, 5.74) is 1.79. The van der Waals surface area contributed by atoms with Crippen LogP contribution in [0.3, 0.4) is 0 Å². The zero-order valence-corrected chi connectivity index (χ0v) is 19.2. The fourth-order valence-corrected chi connectivity index (χ4v) is 4.63. The largest absolute Gasteiger partial charge is 0.494 e. The first-order chi connectivity index (χ1) is 15.4. The smallest absolute Gasteiger partial charge is 0.243 e. The van der Waals surface area contributed by atoms with E-state index in [0.29, 0.717) is 18.9 Å². The van der Waals surface area contributed by atoms with E-state index in [0.717, 1.165) is 11.1 Å². The summed E-state index contributed by atoms with van der Waals surface area (Å²) in [7, 11) is -2.22. The van der Waals surface area contributed by atoms with Gasteiger partial charge in [-0.1, -0.05) is 60.7 Å². The quantitative estimate of drug-likeness (QED) is 0.467. The molecule has 0 aliphatic carbocycles. The van der Waals surface area contributed by atoms with Crippen LogP contribution in [0.1, 0.15) is 18.1 Å². The van der Waals surface area contributed by atoms with Gasteiger partial charge in [-0.3, -0.25) is 4.79 Å². The molecule has 32 heavy (non-hydrogen) atoms. The highest BCUT2D eigenvalue weighted by Crippen LogP contribution is 2.22. The second-order valence-electron chi connectivity index (χ2n) is 7.40. The third-order valence-corrected chi connectivity index (χ3v) is 6.78. The van der Waals surface area contributed by atoms with Crippen molar-refractivity contribution in [3.05, 3.63) is 96.1 Å². The van der Waals surface area contributed by atoms with E-state index < -0.39 is 10.0 Å². The van der Waals surface area contributed by atoms with Crippen molar-refractivity contribution in [1.82, 2.24) is 9.21 Å². The Labute approximate surface area is 190 Å². The molecule has 7 heteroatoms. The number of benzene rings is 3. The van der Waals surface area contributed by atoms with Gasteiger partial charge in [0, 0.05) is 20.1 Å². The van der Waals surface area contributed by atoms with Crippen molar-refractivity contribution in [3.8, 4) is 5.75 Å². The molecular weight excluding hydrogens is 424 g/mol. The molecule has 3 rings (SSSR count). The minimum Gasteiger partial charge on any atom is -0.494 e. The molecule has 6 nitrogen and oxygen atoms in total. The van der Waals surface area contributed by atoms with Crippen LogP contribution in [0.4, 0.5) is 0 Å². The summed E-state index contributed by atoms with van der Waals surface area (Å²) < 4.78 is 33.5. The lowest BCUT2D eigenvalue weighted by Crippen LogP contribution is -2.40. The van der Waals surface area contributed by atoms with Crippen LogP contribution in [0, 0.1) is 0 Å². The second-order valence-corrected chi connectivity index (χ2v) is 9.34. The SMILES string of the molecule is CCOc1ccc(S(=O)(=O)N(CC(=O)N(C)Cc2ccccc2)Cc2ccccc2)cc1. The normalized spacial score (nSPS) is 11.3. The van der Waals surface area contributed by atoms with Gasteiger partial charge < -0.3 is 9.64 Å². The van der Waals surface area contributed by atoms with E-state index in [1.54, 1.807) is 24.1 Å². The zero-order chi connectivity index (χ0) is 23.0. The Morgan fingerprint density at radius 1 is 0.812 bits per heavy atom. The number of hydrogen-bond donors (Lipinski definition) is 0. The maximum atomic E-state index is 13.4. The number of likely N-dealkylation sites (N-methyl/N-ethyl adjacent to an activating group) is 1. The van der Waals surface area contributed by atoms with Gasteiger partial charge in [-0.25, -0.2) is 8.42 Å². The molecule has 0 unspecified atom stereocenters. The van der Waals surface area contributed by atoms with Gasteiger partial charge in [0.15, 0.2) is 0 Å². The molecule has 0 heterocycles. The summed E-state index contributed by atoms with van der Waals surface area (Å²) in [6.07, 6.45) is 0. The average molecular weight is 453 g/mol. The van der Waals surface area contributed by atoms with Gasteiger partial charge in [-0.2, -0.15) is 4.31 Å². The van der Waals surface area contributed by atoms with E-state index in [4.69, 9.17) is 4.74 Å². The molecule has 0 saturated carbocycles. The molecule has 0 aliphatic heterocycles. The van der Waals surface area contributed by atoms with E-state index in [2.05, 4.69) is 0 Å². The molecular formula is C25H28N2O4S. The fraction of sp³-hybridized carbons (Fsp3) is 0.240. The highest BCUT2D eigenvalue weighted by Gasteiger charge is 2.28. The molecule has 168 valence electrons. The van der Waals surface area contributed by atoms with Crippen LogP contribution in [-0.4, -0.2) is 43.7 Å². The van der Waals surface area contributed by atoms with Crippen LogP contribution >= 0.6 is 0 Å². The topological polar surface area (TPSA) is 66.9 Å². The summed E-state index contributed by atoms with van der Waals surface area (Å²) in [5.74, 6) is 0.319. The number of sulfonamides is 1. The Balaban J connectivity index is 1.83. The second kappa shape index (κ2) is 10.9. The third kappa shape index (κ3) is 6.18. The minimum absolute atomic E-state index is 0.0985. The van der Waals surface area contributed by atoms with E-state index in [9.17, 15) is 13.2 Å². The first-order valence-corrected chi connectivity index (χ1v) is 11.9. The maximum absolute atomic E-state index is 13.4. The van der Waals surface area contributed by atoms with Gasteiger partial charge in [0.25, 0.3) is 0 Å². The van der Waals surface area contributed by atoms with Crippen LogP contribution in [0.15, 0.2) is 89.8 Å².